The van der Waals surface area contributed by atoms with E-state index in [-0.39, 0.29) is 0 Å². The van der Waals surface area contributed by atoms with E-state index >= 15 is 0 Å². The Bertz CT molecular complexity index is 563. The Morgan fingerprint density at radius 3 is 3.00 bits per heavy atom. The van der Waals surface area contributed by atoms with Crippen LogP contribution in [0.25, 0.3) is 4.96 Å². The highest BCUT2D eigenvalue weighted by Crippen LogP contribution is 2.16. The zero-order chi connectivity index (χ0) is 13.9. The number of thiazole rings is 1. The molecule has 0 saturated carbocycles. The number of rotatable bonds is 2. The quantitative estimate of drug-likeness (QED) is 0.681. The molecule has 0 spiro atoms. The van der Waals surface area contributed by atoms with Crippen molar-refractivity contribution in [3.63, 3.8) is 0 Å². The number of likely N-dealkylation sites (tertiary alicyclic amines) is 1. The number of guanidine groups is 1. The predicted octanol–water partition coefficient (Wildman–Crippen LogP) is 2.20. The van der Waals surface area contributed by atoms with E-state index in [4.69, 9.17) is 0 Å². The lowest BCUT2D eigenvalue weighted by atomic mass is 10.00. The minimum atomic E-state index is 0.729. The Balaban J connectivity index is 1.59. The second kappa shape index (κ2) is 5.83. The summed E-state index contributed by atoms with van der Waals surface area (Å²) in [7, 11) is 1.85. The molecule has 1 N–H and O–H groups in total. The molecule has 1 aliphatic rings. The molecule has 3 rings (SSSR count). The molecule has 108 valence electrons. The Kier molecular flexibility index (Phi) is 3.91. The first-order valence-electron chi connectivity index (χ1n) is 7.13. The first-order chi connectivity index (χ1) is 9.76. The summed E-state index contributed by atoms with van der Waals surface area (Å²) < 4.78 is 2.06. The molecule has 0 radical (unpaired) electrons. The van der Waals surface area contributed by atoms with Gasteiger partial charge in [0.1, 0.15) is 0 Å². The van der Waals surface area contributed by atoms with Gasteiger partial charge in [-0.15, -0.1) is 11.3 Å². The summed E-state index contributed by atoms with van der Waals surface area (Å²) in [6, 6.07) is 0. The number of imidazole rings is 1. The fraction of sp³-hybridized carbons (Fsp3) is 0.571. The van der Waals surface area contributed by atoms with E-state index in [9.17, 15) is 0 Å². The van der Waals surface area contributed by atoms with Crippen LogP contribution in [0.2, 0.25) is 0 Å². The smallest absolute Gasteiger partial charge is 0.193 e. The van der Waals surface area contributed by atoms with Crippen molar-refractivity contribution in [2.24, 2.45) is 10.9 Å². The number of aromatic nitrogens is 2. The molecule has 5 nitrogen and oxygen atoms in total. The Labute approximate surface area is 123 Å². The van der Waals surface area contributed by atoms with Crippen molar-refractivity contribution in [1.29, 1.82) is 0 Å². The maximum atomic E-state index is 4.58. The third-order valence-corrected chi connectivity index (χ3v) is 4.64. The SMILES string of the molecule is CN=C(NCc1cn2ccsc2n1)N1CCC(C)CC1. The minimum absolute atomic E-state index is 0.729. The largest absolute Gasteiger partial charge is 0.351 e. The summed E-state index contributed by atoms with van der Waals surface area (Å²) in [6.07, 6.45) is 6.61. The van der Waals surface area contributed by atoms with Gasteiger partial charge in [-0.25, -0.2) is 4.98 Å². The standard InChI is InChI=1S/C14H21N5S/c1-11-3-5-18(6-4-11)13(15-2)16-9-12-10-19-7-8-20-14(19)17-12/h7-8,10-11H,3-6,9H2,1-2H3,(H,15,16). The van der Waals surface area contributed by atoms with Crippen LogP contribution in [0, 0.1) is 5.92 Å². The van der Waals surface area contributed by atoms with Gasteiger partial charge in [-0.1, -0.05) is 6.92 Å². The average molecular weight is 291 g/mol. The van der Waals surface area contributed by atoms with Crippen LogP contribution >= 0.6 is 11.3 Å². The number of hydrogen-bond donors (Lipinski definition) is 1. The summed E-state index contributed by atoms with van der Waals surface area (Å²) in [5.41, 5.74) is 1.06. The van der Waals surface area contributed by atoms with Crippen molar-refractivity contribution >= 4 is 22.3 Å². The molecule has 6 heteroatoms. The Morgan fingerprint density at radius 1 is 1.50 bits per heavy atom. The number of hydrogen-bond acceptors (Lipinski definition) is 3. The normalized spacial score (nSPS) is 17.9. The maximum Gasteiger partial charge on any atom is 0.193 e. The molecule has 0 aliphatic carbocycles. The number of piperidine rings is 1. The molecule has 1 saturated heterocycles. The fourth-order valence-corrected chi connectivity index (χ4v) is 3.30. The van der Waals surface area contributed by atoms with Crippen molar-refractivity contribution in [1.82, 2.24) is 19.6 Å². The predicted molar refractivity (Wildman–Crippen MR) is 83.2 cm³/mol. The van der Waals surface area contributed by atoms with Crippen LogP contribution in [-0.4, -0.2) is 40.4 Å². The molecule has 1 aliphatic heterocycles. The maximum absolute atomic E-state index is 4.58. The molecule has 0 bridgehead atoms. The van der Waals surface area contributed by atoms with E-state index in [1.807, 2.05) is 18.6 Å². The van der Waals surface area contributed by atoms with Gasteiger partial charge in [0.25, 0.3) is 0 Å². The van der Waals surface area contributed by atoms with Crippen molar-refractivity contribution in [3.05, 3.63) is 23.5 Å². The summed E-state index contributed by atoms with van der Waals surface area (Å²) >= 11 is 1.66. The zero-order valence-corrected chi connectivity index (χ0v) is 12.9. The monoisotopic (exact) mass is 291 g/mol. The lowest BCUT2D eigenvalue weighted by Crippen LogP contribution is -2.45. The van der Waals surface area contributed by atoms with E-state index in [0.29, 0.717) is 0 Å². The van der Waals surface area contributed by atoms with Gasteiger partial charge in [0.2, 0.25) is 0 Å². The molecular formula is C14H21N5S. The Morgan fingerprint density at radius 2 is 2.30 bits per heavy atom. The first kappa shape index (κ1) is 13.4. The fourth-order valence-electron chi connectivity index (χ4n) is 2.58. The molecule has 0 atom stereocenters. The van der Waals surface area contributed by atoms with Gasteiger partial charge in [0, 0.05) is 37.9 Å². The third kappa shape index (κ3) is 2.80. The molecule has 2 aromatic rings. The highest BCUT2D eigenvalue weighted by atomic mass is 32.1. The summed E-state index contributed by atoms with van der Waals surface area (Å²) in [5, 5.41) is 5.47. The van der Waals surface area contributed by atoms with E-state index in [1.165, 1.54) is 12.8 Å². The number of fused-ring (bicyclic) bond motifs is 1. The second-order valence-electron chi connectivity index (χ2n) is 5.40. The summed E-state index contributed by atoms with van der Waals surface area (Å²) in [4.78, 5) is 12.4. The topological polar surface area (TPSA) is 44.9 Å². The van der Waals surface area contributed by atoms with Crippen molar-refractivity contribution in [3.8, 4) is 0 Å². The number of nitrogens with zero attached hydrogens (tertiary/aromatic N) is 4. The minimum Gasteiger partial charge on any atom is -0.351 e. The lowest BCUT2D eigenvalue weighted by Gasteiger charge is -2.32. The molecule has 0 aromatic carbocycles. The molecule has 2 aromatic heterocycles. The summed E-state index contributed by atoms with van der Waals surface area (Å²) in [5.74, 6) is 1.83. The van der Waals surface area contributed by atoms with Crippen LogP contribution in [0.5, 0.6) is 0 Å². The number of nitrogens with one attached hydrogen (secondary N) is 1. The molecule has 20 heavy (non-hydrogen) atoms. The van der Waals surface area contributed by atoms with Gasteiger partial charge in [0.05, 0.1) is 12.2 Å². The lowest BCUT2D eigenvalue weighted by molar-refractivity contribution is 0.273. The van der Waals surface area contributed by atoms with E-state index in [2.05, 4.69) is 37.7 Å². The van der Waals surface area contributed by atoms with E-state index < -0.39 is 0 Å². The van der Waals surface area contributed by atoms with Crippen molar-refractivity contribution < 1.29 is 0 Å². The van der Waals surface area contributed by atoms with Gasteiger partial charge >= 0.3 is 0 Å². The highest BCUT2D eigenvalue weighted by molar-refractivity contribution is 7.15. The highest BCUT2D eigenvalue weighted by Gasteiger charge is 2.18. The van der Waals surface area contributed by atoms with Crippen LogP contribution in [0.3, 0.4) is 0 Å². The molecule has 3 heterocycles. The zero-order valence-electron chi connectivity index (χ0n) is 12.0. The first-order valence-corrected chi connectivity index (χ1v) is 8.01. The van der Waals surface area contributed by atoms with Crippen molar-refractivity contribution in [2.45, 2.75) is 26.3 Å². The van der Waals surface area contributed by atoms with Crippen LogP contribution < -0.4 is 5.32 Å². The van der Waals surface area contributed by atoms with E-state index in [0.717, 1.165) is 42.2 Å². The van der Waals surface area contributed by atoms with Crippen LogP contribution in [-0.2, 0) is 6.54 Å². The molecular weight excluding hydrogens is 270 g/mol. The second-order valence-corrected chi connectivity index (χ2v) is 6.27. The van der Waals surface area contributed by atoms with Crippen molar-refractivity contribution in [2.75, 3.05) is 20.1 Å². The molecule has 0 unspecified atom stereocenters. The van der Waals surface area contributed by atoms with Gasteiger partial charge in [0.15, 0.2) is 10.9 Å². The summed E-state index contributed by atoms with van der Waals surface area (Å²) in [6.45, 7) is 5.25. The average Bonchev–Trinajstić information content (AvgIpc) is 3.02. The molecule has 1 fully saturated rings. The van der Waals surface area contributed by atoms with Crippen LogP contribution in [0.4, 0.5) is 0 Å². The van der Waals surface area contributed by atoms with Gasteiger partial charge < -0.3 is 10.2 Å². The van der Waals surface area contributed by atoms with Crippen LogP contribution in [0.1, 0.15) is 25.5 Å². The van der Waals surface area contributed by atoms with Crippen LogP contribution in [0.15, 0.2) is 22.8 Å². The Hall–Kier alpha value is -1.56. The van der Waals surface area contributed by atoms with Gasteiger partial charge in [-0.3, -0.25) is 9.39 Å². The van der Waals surface area contributed by atoms with Gasteiger partial charge in [-0.2, -0.15) is 0 Å². The molecule has 0 amide bonds. The number of aliphatic imine (C=N–C) groups is 1. The van der Waals surface area contributed by atoms with E-state index in [1.54, 1.807) is 11.3 Å². The van der Waals surface area contributed by atoms with Gasteiger partial charge in [-0.05, 0) is 18.8 Å². The third-order valence-electron chi connectivity index (χ3n) is 3.87.